The summed E-state index contributed by atoms with van der Waals surface area (Å²) >= 11 is 0. The van der Waals surface area contributed by atoms with E-state index in [1.165, 1.54) is 6.08 Å². The highest BCUT2D eigenvalue weighted by Gasteiger charge is 2.23. The smallest absolute Gasteiger partial charge is 0.243 e. The quantitative estimate of drug-likeness (QED) is 0.862. The molecule has 22 heavy (non-hydrogen) atoms. The van der Waals surface area contributed by atoms with Gasteiger partial charge < -0.3 is 14.8 Å². The second-order valence-corrected chi connectivity index (χ2v) is 5.08. The molecule has 0 spiro atoms. The number of benzene rings is 2. The third-order valence-corrected chi connectivity index (χ3v) is 3.44. The fourth-order valence-electron chi connectivity index (χ4n) is 2.39. The summed E-state index contributed by atoms with van der Waals surface area (Å²) < 4.78 is 11.6. The molecule has 1 atom stereocenters. The van der Waals surface area contributed by atoms with Gasteiger partial charge in [0.25, 0.3) is 0 Å². The molecule has 0 saturated carbocycles. The first-order valence-corrected chi connectivity index (χ1v) is 7.17. The minimum atomic E-state index is -0.187. The van der Waals surface area contributed by atoms with Crippen LogP contribution in [0.1, 0.15) is 5.56 Å². The first-order valence-electron chi connectivity index (χ1n) is 7.17. The molecule has 2 aromatic carbocycles. The van der Waals surface area contributed by atoms with Crippen LogP contribution in [0.5, 0.6) is 17.2 Å². The van der Waals surface area contributed by atoms with E-state index in [1.54, 1.807) is 0 Å². The van der Waals surface area contributed by atoms with Crippen LogP contribution in [0.15, 0.2) is 61.2 Å². The molecule has 1 aliphatic heterocycles. The van der Waals surface area contributed by atoms with Crippen molar-refractivity contribution < 1.29 is 14.3 Å². The minimum absolute atomic E-state index is 0.0501. The van der Waals surface area contributed by atoms with Crippen LogP contribution in [-0.2, 0) is 11.2 Å². The number of rotatable bonds is 5. The summed E-state index contributed by atoms with van der Waals surface area (Å²) in [5.74, 6) is 2.24. The molecule has 1 aliphatic rings. The summed E-state index contributed by atoms with van der Waals surface area (Å²) in [6.45, 7) is 3.89. The highest BCUT2D eigenvalue weighted by atomic mass is 16.5. The molecule has 0 aromatic heterocycles. The molecular weight excluding hydrogens is 278 g/mol. The SMILES string of the molecule is C=CC(=O)NC[C@H]1Cc2cc(Oc3ccccc3)ccc2O1. The van der Waals surface area contributed by atoms with Gasteiger partial charge >= 0.3 is 0 Å². The highest BCUT2D eigenvalue weighted by Crippen LogP contribution is 2.33. The fourth-order valence-corrected chi connectivity index (χ4v) is 2.39. The van der Waals surface area contributed by atoms with Gasteiger partial charge in [-0.1, -0.05) is 24.8 Å². The Morgan fingerprint density at radius 1 is 1.27 bits per heavy atom. The second-order valence-electron chi connectivity index (χ2n) is 5.08. The van der Waals surface area contributed by atoms with E-state index in [4.69, 9.17) is 9.47 Å². The summed E-state index contributed by atoms with van der Waals surface area (Å²) in [5.41, 5.74) is 1.09. The number of carbonyl (C=O) groups excluding carboxylic acids is 1. The van der Waals surface area contributed by atoms with Crippen molar-refractivity contribution in [1.29, 1.82) is 0 Å². The van der Waals surface area contributed by atoms with Crippen molar-refractivity contribution in [3.63, 3.8) is 0 Å². The van der Waals surface area contributed by atoms with Gasteiger partial charge in [0.15, 0.2) is 0 Å². The lowest BCUT2D eigenvalue weighted by atomic mass is 10.1. The van der Waals surface area contributed by atoms with Gasteiger partial charge in [-0.25, -0.2) is 0 Å². The van der Waals surface area contributed by atoms with Crippen molar-refractivity contribution in [3.05, 3.63) is 66.7 Å². The molecule has 0 saturated heterocycles. The Morgan fingerprint density at radius 3 is 2.86 bits per heavy atom. The molecule has 0 aliphatic carbocycles. The van der Waals surface area contributed by atoms with Crippen molar-refractivity contribution in [1.82, 2.24) is 5.32 Å². The van der Waals surface area contributed by atoms with Gasteiger partial charge in [-0.15, -0.1) is 0 Å². The normalized spacial score (nSPS) is 15.5. The molecule has 1 amide bonds. The van der Waals surface area contributed by atoms with Gasteiger partial charge in [0, 0.05) is 12.0 Å². The molecule has 0 bridgehead atoms. The summed E-state index contributed by atoms with van der Waals surface area (Å²) in [4.78, 5) is 11.2. The maximum atomic E-state index is 11.2. The zero-order valence-corrected chi connectivity index (χ0v) is 12.1. The number of para-hydroxylation sites is 1. The number of amides is 1. The van der Waals surface area contributed by atoms with Crippen LogP contribution in [-0.4, -0.2) is 18.6 Å². The molecule has 1 N–H and O–H groups in total. The maximum absolute atomic E-state index is 11.2. The van der Waals surface area contributed by atoms with Gasteiger partial charge in [-0.3, -0.25) is 4.79 Å². The molecule has 0 fully saturated rings. The summed E-state index contributed by atoms with van der Waals surface area (Å²) in [6.07, 6.45) is 1.96. The van der Waals surface area contributed by atoms with E-state index in [2.05, 4.69) is 11.9 Å². The van der Waals surface area contributed by atoms with E-state index in [-0.39, 0.29) is 12.0 Å². The molecular formula is C18H17NO3. The standard InChI is InChI=1S/C18H17NO3/c1-2-18(20)19-12-16-11-13-10-15(8-9-17(13)22-16)21-14-6-4-3-5-7-14/h2-10,16H,1,11-12H2,(H,19,20)/t16-/m1/s1. The maximum Gasteiger partial charge on any atom is 0.243 e. The number of hydrogen-bond acceptors (Lipinski definition) is 3. The topological polar surface area (TPSA) is 47.6 Å². The molecule has 4 heteroatoms. The van der Waals surface area contributed by atoms with E-state index in [1.807, 2.05) is 48.5 Å². The third-order valence-electron chi connectivity index (χ3n) is 3.44. The van der Waals surface area contributed by atoms with Gasteiger partial charge in [0.1, 0.15) is 23.4 Å². The van der Waals surface area contributed by atoms with E-state index >= 15 is 0 Å². The number of nitrogens with one attached hydrogen (secondary N) is 1. The van der Waals surface area contributed by atoms with E-state index in [9.17, 15) is 4.79 Å². The number of carbonyl (C=O) groups is 1. The lowest BCUT2D eigenvalue weighted by Gasteiger charge is -2.10. The lowest BCUT2D eigenvalue weighted by Crippen LogP contribution is -2.33. The first-order chi connectivity index (χ1) is 10.7. The average Bonchev–Trinajstić information content (AvgIpc) is 2.95. The van der Waals surface area contributed by atoms with Crippen LogP contribution in [0, 0.1) is 0 Å². The van der Waals surface area contributed by atoms with Crippen molar-refractivity contribution in [2.75, 3.05) is 6.54 Å². The fraction of sp³-hybridized carbons (Fsp3) is 0.167. The first kappa shape index (κ1) is 14.2. The third kappa shape index (κ3) is 3.28. The van der Waals surface area contributed by atoms with Gasteiger partial charge in [0.2, 0.25) is 5.91 Å². The molecule has 0 radical (unpaired) electrons. The molecule has 0 unspecified atom stereocenters. The zero-order chi connectivity index (χ0) is 15.4. The Balaban J connectivity index is 1.64. The Kier molecular flexibility index (Phi) is 4.10. The molecule has 2 aromatic rings. The van der Waals surface area contributed by atoms with Gasteiger partial charge in [0.05, 0.1) is 6.54 Å². The summed E-state index contributed by atoms with van der Waals surface area (Å²) in [6, 6.07) is 15.4. The predicted octanol–water partition coefficient (Wildman–Crippen LogP) is 3.08. The van der Waals surface area contributed by atoms with Crippen molar-refractivity contribution >= 4 is 5.91 Å². The number of ether oxygens (including phenoxy) is 2. The summed E-state index contributed by atoms with van der Waals surface area (Å²) in [7, 11) is 0. The van der Waals surface area contributed by atoms with Crippen LogP contribution >= 0.6 is 0 Å². The largest absolute Gasteiger partial charge is 0.488 e. The molecule has 1 heterocycles. The Hall–Kier alpha value is -2.75. The van der Waals surface area contributed by atoms with Crippen LogP contribution in [0.3, 0.4) is 0 Å². The van der Waals surface area contributed by atoms with Crippen LogP contribution in [0.2, 0.25) is 0 Å². The van der Waals surface area contributed by atoms with Crippen LogP contribution < -0.4 is 14.8 Å². The lowest BCUT2D eigenvalue weighted by molar-refractivity contribution is -0.116. The van der Waals surface area contributed by atoms with Crippen molar-refractivity contribution in [2.45, 2.75) is 12.5 Å². The predicted molar refractivity (Wildman–Crippen MR) is 84.3 cm³/mol. The van der Waals surface area contributed by atoms with E-state index < -0.39 is 0 Å². The monoisotopic (exact) mass is 295 g/mol. The Morgan fingerprint density at radius 2 is 2.09 bits per heavy atom. The molecule has 3 rings (SSSR count). The van der Waals surface area contributed by atoms with Crippen LogP contribution in [0.4, 0.5) is 0 Å². The van der Waals surface area contributed by atoms with Gasteiger partial charge in [-0.05, 0) is 36.4 Å². The zero-order valence-electron chi connectivity index (χ0n) is 12.1. The van der Waals surface area contributed by atoms with Crippen molar-refractivity contribution in [2.24, 2.45) is 0 Å². The Bertz CT molecular complexity index is 682. The number of hydrogen-bond donors (Lipinski definition) is 1. The number of fused-ring (bicyclic) bond motifs is 1. The summed E-state index contributed by atoms with van der Waals surface area (Å²) in [5, 5.41) is 2.75. The van der Waals surface area contributed by atoms with E-state index in [0.29, 0.717) is 6.54 Å². The highest BCUT2D eigenvalue weighted by molar-refractivity contribution is 5.86. The molecule has 4 nitrogen and oxygen atoms in total. The van der Waals surface area contributed by atoms with Crippen molar-refractivity contribution in [3.8, 4) is 17.2 Å². The van der Waals surface area contributed by atoms with Gasteiger partial charge in [-0.2, -0.15) is 0 Å². The Labute approximate surface area is 129 Å². The van der Waals surface area contributed by atoms with E-state index in [0.717, 1.165) is 29.2 Å². The second kappa shape index (κ2) is 6.35. The minimum Gasteiger partial charge on any atom is -0.488 e. The van der Waals surface area contributed by atoms with Crippen LogP contribution in [0.25, 0.3) is 0 Å². The molecule has 112 valence electrons. The average molecular weight is 295 g/mol.